The van der Waals surface area contributed by atoms with E-state index in [1.807, 2.05) is 48.5 Å². The minimum Gasteiger partial charge on any atom is -0.267 e. The maximum absolute atomic E-state index is 12.3. The summed E-state index contributed by atoms with van der Waals surface area (Å²) in [6.07, 6.45) is 1.65. The van der Waals surface area contributed by atoms with E-state index in [2.05, 4.69) is 10.5 Å². The van der Waals surface area contributed by atoms with Crippen molar-refractivity contribution in [1.82, 2.24) is 5.43 Å². The molecule has 5 heteroatoms. The quantitative estimate of drug-likeness (QED) is 0.256. The lowest BCUT2D eigenvalue weighted by Crippen LogP contribution is -2.18. The number of rotatable bonds is 3. The number of hydrogen-bond acceptors (Lipinski definition) is 2. The molecule has 0 atom stereocenters. The maximum Gasteiger partial charge on any atom is 0.272 e. The van der Waals surface area contributed by atoms with E-state index in [1.165, 1.54) is 0 Å². The average molecular weight is 393 g/mol. The maximum atomic E-state index is 12.3. The van der Waals surface area contributed by atoms with Crippen LogP contribution in [0.15, 0.2) is 77.9 Å². The van der Waals surface area contributed by atoms with Crippen LogP contribution in [0, 0.1) is 0 Å². The number of nitrogens with one attached hydrogen (secondary N) is 1. The van der Waals surface area contributed by atoms with Gasteiger partial charge in [0, 0.05) is 16.3 Å². The Hall–Kier alpha value is -2.88. The van der Waals surface area contributed by atoms with Crippen LogP contribution in [0.2, 0.25) is 10.0 Å². The zero-order valence-electron chi connectivity index (χ0n) is 14.1. The van der Waals surface area contributed by atoms with Crippen molar-refractivity contribution in [2.75, 3.05) is 0 Å². The highest BCUT2D eigenvalue weighted by atomic mass is 35.5. The Bertz CT molecular complexity index is 1140. The Morgan fingerprint density at radius 1 is 0.778 bits per heavy atom. The fourth-order valence-corrected chi connectivity index (χ4v) is 3.66. The van der Waals surface area contributed by atoms with Crippen molar-refractivity contribution < 1.29 is 4.79 Å². The van der Waals surface area contributed by atoms with Crippen LogP contribution < -0.4 is 5.43 Å². The van der Waals surface area contributed by atoms with Crippen molar-refractivity contribution in [1.29, 1.82) is 0 Å². The molecular weight excluding hydrogens is 379 g/mol. The van der Waals surface area contributed by atoms with Crippen LogP contribution in [0.3, 0.4) is 0 Å². The second-order valence-electron chi connectivity index (χ2n) is 6.00. The number of nitrogens with zero attached hydrogens (tertiary/aromatic N) is 1. The highest BCUT2D eigenvalue weighted by molar-refractivity contribution is 6.42. The number of carbonyl (C=O) groups excluding carboxylic acids is 1. The first-order valence-electron chi connectivity index (χ1n) is 8.33. The zero-order valence-corrected chi connectivity index (χ0v) is 15.6. The van der Waals surface area contributed by atoms with Gasteiger partial charge in [-0.05, 0) is 22.9 Å². The molecule has 0 bridgehead atoms. The summed E-state index contributed by atoms with van der Waals surface area (Å²) in [6.45, 7) is 0. The number of carbonyl (C=O) groups is 1. The number of fused-ring (bicyclic) bond motifs is 2. The molecule has 0 saturated carbocycles. The molecule has 0 spiro atoms. The smallest absolute Gasteiger partial charge is 0.267 e. The Kier molecular flexibility index (Phi) is 4.80. The molecule has 4 aromatic carbocycles. The third-order valence-corrected chi connectivity index (χ3v) is 5.12. The second kappa shape index (κ2) is 7.39. The molecule has 0 aliphatic heterocycles. The van der Waals surface area contributed by atoms with Crippen LogP contribution >= 0.6 is 23.2 Å². The molecule has 132 valence electrons. The fraction of sp³-hybridized carbons (Fsp3) is 0. The van der Waals surface area contributed by atoms with Crippen LogP contribution in [0.25, 0.3) is 21.5 Å². The van der Waals surface area contributed by atoms with E-state index >= 15 is 0 Å². The van der Waals surface area contributed by atoms with Gasteiger partial charge in [-0.3, -0.25) is 4.79 Å². The second-order valence-corrected chi connectivity index (χ2v) is 6.78. The first kappa shape index (κ1) is 17.5. The molecule has 0 fully saturated rings. The molecular formula is C22H14Cl2N2O. The summed E-state index contributed by atoms with van der Waals surface area (Å²) in [5.74, 6) is -0.362. The van der Waals surface area contributed by atoms with E-state index in [1.54, 1.807) is 30.5 Å². The molecule has 1 N–H and O–H groups in total. The largest absolute Gasteiger partial charge is 0.272 e. The lowest BCUT2D eigenvalue weighted by atomic mass is 9.97. The summed E-state index contributed by atoms with van der Waals surface area (Å²) in [5, 5.41) is 9.07. The SMILES string of the molecule is O=C(NN=Cc1c2ccccc2c(Cl)c2ccccc12)c1ccccc1Cl. The molecule has 4 rings (SSSR count). The number of hydrogen-bond donors (Lipinski definition) is 1. The predicted octanol–water partition coefficient (Wildman–Crippen LogP) is 6.06. The Morgan fingerprint density at radius 2 is 1.30 bits per heavy atom. The van der Waals surface area contributed by atoms with Gasteiger partial charge in [-0.2, -0.15) is 5.10 Å². The number of hydrazone groups is 1. The highest BCUT2D eigenvalue weighted by Crippen LogP contribution is 2.35. The minimum absolute atomic E-state index is 0.362. The Morgan fingerprint density at radius 3 is 1.89 bits per heavy atom. The van der Waals surface area contributed by atoms with Crippen LogP contribution in [0.1, 0.15) is 15.9 Å². The highest BCUT2D eigenvalue weighted by Gasteiger charge is 2.11. The van der Waals surface area contributed by atoms with Crippen LogP contribution in [-0.4, -0.2) is 12.1 Å². The van der Waals surface area contributed by atoms with Crippen LogP contribution in [-0.2, 0) is 0 Å². The monoisotopic (exact) mass is 392 g/mol. The zero-order chi connectivity index (χ0) is 18.8. The normalized spacial score (nSPS) is 11.3. The summed E-state index contributed by atoms with van der Waals surface area (Å²) < 4.78 is 0. The third-order valence-electron chi connectivity index (χ3n) is 4.39. The lowest BCUT2D eigenvalue weighted by molar-refractivity contribution is 0.0955. The molecule has 0 heterocycles. The van der Waals surface area contributed by atoms with E-state index in [9.17, 15) is 4.79 Å². The molecule has 27 heavy (non-hydrogen) atoms. The minimum atomic E-state index is -0.362. The first-order chi connectivity index (χ1) is 13.2. The van der Waals surface area contributed by atoms with Crippen molar-refractivity contribution in [2.45, 2.75) is 0 Å². The van der Waals surface area contributed by atoms with Crippen molar-refractivity contribution in [3.05, 3.63) is 94.0 Å². The number of benzene rings is 4. The van der Waals surface area contributed by atoms with Crippen molar-refractivity contribution in [3.8, 4) is 0 Å². The van der Waals surface area contributed by atoms with Gasteiger partial charge in [-0.25, -0.2) is 5.43 Å². The molecule has 3 nitrogen and oxygen atoms in total. The number of amides is 1. The van der Waals surface area contributed by atoms with Gasteiger partial charge in [0.2, 0.25) is 0 Å². The van der Waals surface area contributed by atoms with E-state index in [4.69, 9.17) is 23.2 Å². The molecule has 0 radical (unpaired) electrons. The van der Waals surface area contributed by atoms with Gasteiger partial charge < -0.3 is 0 Å². The fourth-order valence-electron chi connectivity index (χ4n) is 3.11. The summed E-state index contributed by atoms with van der Waals surface area (Å²) >= 11 is 12.7. The average Bonchev–Trinajstić information content (AvgIpc) is 2.71. The van der Waals surface area contributed by atoms with Gasteiger partial charge in [0.1, 0.15) is 0 Å². The predicted molar refractivity (Wildman–Crippen MR) is 113 cm³/mol. The van der Waals surface area contributed by atoms with Crippen molar-refractivity contribution >= 4 is 56.9 Å². The van der Waals surface area contributed by atoms with Gasteiger partial charge in [0.15, 0.2) is 0 Å². The van der Waals surface area contributed by atoms with Crippen LogP contribution in [0.4, 0.5) is 0 Å². The molecule has 0 saturated heterocycles. The van der Waals surface area contributed by atoms with E-state index in [0.717, 1.165) is 27.1 Å². The summed E-state index contributed by atoms with van der Waals surface area (Å²) in [4.78, 5) is 12.3. The topological polar surface area (TPSA) is 41.5 Å². The molecule has 0 aliphatic rings. The van der Waals surface area contributed by atoms with Crippen molar-refractivity contribution in [3.63, 3.8) is 0 Å². The van der Waals surface area contributed by atoms with E-state index < -0.39 is 0 Å². The van der Waals surface area contributed by atoms with Gasteiger partial charge in [0.05, 0.1) is 21.8 Å². The van der Waals surface area contributed by atoms with E-state index in [0.29, 0.717) is 15.6 Å². The standard InChI is InChI=1S/C22H14Cl2N2O/c23-20-12-6-5-11-18(20)22(27)26-25-13-19-14-7-1-3-9-16(14)21(24)17-10-4-2-8-15(17)19/h1-13H,(H,26,27). The van der Waals surface area contributed by atoms with Gasteiger partial charge >= 0.3 is 0 Å². The summed E-state index contributed by atoms with van der Waals surface area (Å²) in [6, 6.07) is 22.6. The van der Waals surface area contributed by atoms with Crippen LogP contribution in [0.5, 0.6) is 0 Å². The first-order valence-corrected chi connectivity index (χ1v) is 9.09. The summed E-state index contributed by atoms with van der Waals surface area (Å²) in [5.41, 5.74) is 3.82. The molecule has 0 aliphatic carbocycles. The summed E-state index contributed by atoms with van der Waals surface area (Å²) in [7, 11) is 0. The van der Waals surface area contributed by atoms with Gasteiger partial charge in [0.25, 0.3) is 5.91 Å². The Balaban J connectivity index is 1.77. The molecule has 0 unspecified atom stereocenters. The lowest BCUT2D eigenvalue weighted by Gasteiger charge is -2.10. The Labute approximate surface area is 166 Å². The molecule has 1 amide bonds. The third kappa shape index (κ3) is 3.27. The molecule has 4 aromatic rings. The van der Waals surface area contributed by atoms with E-state index in [-0.39, 0.29) is 5.91 Å². The molecule has 0 aromatic heterocycles. The van der Waals surface area contributed by atoms with Crippen molar-refractivity contribution in [2.24, 2.45) is 5.10 Å². The van der Waals surface area contributed by atoms with Gasteiger partial charge in [-0.15, -0.1) is 0 Å². The number of halogens is 2. The van der Waals surface area contributed by atoms with Gasteiger partial charge in [-0.1, -0.05) is 83.9 Å².